The quantitative estimate of drug-likeness (QED) is 0.881. The van der Waals surface area contributed by atoms with E-state index in [1.54, 1.807) is 29.8 Å². The van der Waals surface area contributed by atoms with E-state index in [4.69, 9.17) is 5.11 Å². The molecule has 0 radical (unpaired) electrons. The Hall–Kier alpha value is -2.17. The van der Waals surface area contributed by atoms with E-state index in [1.165, 1.54) is 12.3 Å². The third-order valence-electron chi connectivity index (χ3n) is 2.53. The van der Waals surface area contributed by atoms with Gasteiger partial charge in [0.25, 0.3) is 0 Å². The van der Waals surface area contributed by atoms with Gasteiger partial charge in [0.05, 0.1) is 12.0 Å². The number of halogens is 1. The standard InChI is InChI=1S/C12H11FN2O2/c1-15-8(6-11(16)17)7-14-12(15)9-4-2-3-5-10(9)13/h2-5,7H,6H2,1H3,(H,16,17). The Kier molecular flexibility index (Phi) is 2.91. The summed E-state index contributed by atoms with van der Waals surface area (Å²) in [4.78, 5) is 14.7. The molecule has 4 nitrogen and oxygen atoms in total. The van der Waals surface area contributed by atoms with Crippen LogP contribution in [0.3, 0.4) is 0 Å². The zero-order valence-electron chi connectivity index (χ0n) is 9.22. The lowest BCUT2D eigenvalue weighted by molar-refractivity contribution is -0.136. The molecule has 0 saturated carbocycles. The van der Waals surface area contributed by atoms with Gasteiger partial charge in [-0.25, -0.2) is 9.37 Å². The molecule has 0 aliphatic heterocycles. The fourth-order valence-electron chi connectivity index (χ4n) is 1.66. The minimum atomic E-state index is -0.937. The normalized spacial score (nSPS) is 10.5. The highest BCUT2D eigenvalue weighted by Gasteiger charge is 2.13. The predicted octanol–water partition coefficient (Wildman–Crippen LogP) is 1.85. The molecule has 0 aliphatic carbocycles. The molecule has 0 aliphatic rings. The van der Waals surface area contributed by atoms with E-state index < -0.39 is 5.97 Å². The first kappa shape index (κ1) is 11.3. The van der Waals surface area contributed by atoms with Crippen molar-refractivity contribution < 1.29 is 14.3 Å². The number of carboxylic acid groups (broad SMARTS) is 1. The summed E-state index contributed by atoms with van der Waals surface area (Å²) >= 11 is 0. The molecule has 0 bridgehead atoms. The van der Waals surface area contributed by atoms with Crippen LogP contribution in [0, 0.1) is 5.82 Å². The van der Waals surface area contributed by atoms with Crippen LogP contribution in [0.2, 0.25) is 0 Å². The second-order valence-electron chi connectivity index (χ2n) is 3.68. The molecule has 0 atom stereocenters. The van der Waals surface area contributed by atoms with E-state index in [0.717, 1.165) is 0 Å². The van der Waals surface area contributed by atoms with Gasteiger partial charge in [-0.15, -0.1) is 0 Å². The van der Waals surface area contributed by atoms with Crippen LogP contribution in [0.5, 0.6) is 0 Å². The molecule has 1 aromatic heterocycles. The van der Waals surface area contributed by atoms with Gasteiger partial charge in [0.1, 0.15) is 11.6 Å². The maximum absolute atomic E-state index is 13.6. The lowest BCUT2D eigenvalue weighted by Crippen LogP contribution is -2.06. The Morgan fingerprint density at radius 2 is 2.18 bits per heavy atom. The van der Waals surface area contributed by atoms with Gasteiger partial charge in [-0.1, -0.05) is 12.1 Å². The summed E-state index contributed by atoms with van der Waals surface area (Å²) in [6.45, 7) is 0. The fourth-order valence-corrected chi connectivity index (χ4v) is 1.66. The molecule has 2 aromatic rings. The number of carboxylic acids is 1. The van der Waals surface area contributed by atoms with Crippen LogP contribution in [-0.4, -0.2) is 20.6 Å². The number of aromatic nitrogens is 2. The van der Waals surface area contributed by atoms with Crippen molar-refractivity contribution >= 4 is 5.97 Å². The highest BCUT2D eigenvalue weighted by molar-refractivity contribution is 5.70. The van der Waals surface area contributed by atoms with Crippen LogP contribution in [0.25, 0.3) is 11.4 Å². The molecule has 0 saturated heterocycles. The Bertz CT molecular complexity index is 563. The van der Waals surface area contributed by atoms with Crippen molar-refractivity contribution in [3.8, 4) is 11.4 Å². The van der Waals surface area contributed by atoms with Crippen molar-refractivity contribution in [2.45, 2.75) is 6.42 Å². The van der Waals surface area contributed by atoms with Gasteiger partial charge in [-0.3, -0.25) is 4.79 Å². The summed E-state index contributed by atoms with van der Waals surface area (Å²) in [7, 11) is 1.67. The Labute approximate surface area is 97.3 Å². The average molecular weight is 234 g/mol. The molecule has 0 fully saturated rings. The van der Waals surface area contributed by atoms with Crippen molar-refractivity contribution in [3.63, 3.8) is 0 Å². The lowest BCUT2D eigenvalue weighted by Gasteiger charge is -2.05. The molecule has 1 aromatic carbocycles. The second-order valence-corrected chi connectivity index (χ2v) is 3.68. The minimum Gasteiger partial charge on any atom is -0.481 e. The number of nitrogens with zero attached hydrogens (tertiary/aromatic N) is 2. The summed E-state index contributed by atoms with van der Waals surface area (Å²) in [5.41, 5.74) is 0.905. The number of hydrogen-bond acceptors (Lipinski definition) is 2. The topological polar surface area (TPSA) is 55.1 Å². The monoisotopic (exact) mass is 234 g/mol. The van der Waals surface area contributed by atoms with Crippen molar-refractivity contribution in [2.75, 3.05) is 0 Å². The van der Waals surface area contributed by atoms with Gasteiger partial charge in [0.15, 0.2) is 0 Å². The lowest BCUT2D eigenvalue weighted by atomic mass is 10.2. The number of imidazole rings is 1. The predicted molar refractivity (Wildman–Crippen MR) is 59.9 cm³/mol. The third kappa shape index (κ3) is 2.18. The maximum atomic E-state index is 13.6. The number of benzene rings is 1. The summed E-state index contributed by atoms with van der Waals surface area (Å²) in [6, 6.07) is 6.27. The summed E-state index contributed by atoms with van der Waals surface area (Å²) in [5, 5.41) is 8.71. The summed E-state index contributed by atoms with van der Waals surface area (Å²) in [5.74, 6) is -0.879. The van der Waals surface area contributed by atoms with Crippen molar-refractivity contribution in [2.24, 2.45) is 7.05 Å². The SMILES string of the molecule is Cn1c(CC(=O)O)cnc1-c1ccccc1F. The summed E-state index contributed by atoms with van der Waals surface area (Å²) < 4.78 is 15.1. The zero-order valence-corrected chi connectivity index (χ0v) is 9.22. The molecule has 0 unspecified atom stereocenters. The molecule has 0 amide bonds. The Balaban J connectivity index is 2.44. The van der Waals surface area contributed by atoms with Gasteiger partial charge in [0.2, 0.25) is 0 Å². The Morgan fingerprint density at radius 3 is 2.82 bits per heavy atom. The zero-order chi connectivity index (χ0) is 12.4. The molecule has 1 heterocycles. The second kappa shape index (κ2) is 4.37. The third-order valence-corrected chi connectivity index (χ3v) is 2.53. The van der Waals surface area contributed by atoms with E-state index in [9.17, 15) is 9.18 Å². The van der Waals surface area contributed by atoms with Crippen LogP contribution < -0.4 is 0 Å². The van der Waals surface area contributed by atoms with E-state index in [1.807, 2.05) is 0 Å². The average Bonchev–Trinajstić information content (AvgIpc) is 2.61. The molecular weight excluding hydrogens is 223 g/mol. The van der Waals surface area contributed by atoms with Crippen molar-refractivity contribution in [1.29, 1.82) is 0 Å². The highest BCUT2D eigenvalue weighted by atomic mass is 19.1. The number of aliphatic carboxylic acids is 1. The van der Waals surface area contributed by atoms with Gasteiger partial charge >= 0.3 is 5.97 Å². The molecule has 88 valence electrons. The van der Waals surface area contributed by atoms with E-state index in [2.05, 4.69) is 4.98 Å². The van der Waals surface area contributed by atoms with Crippen LogP contribution in [0.4, 0.5) is 4.39 Å². The molecule has 2 rings (SSSR count). The number of carbonyl (C=O) groups is 1. The van der Waals surface area contributed by atoms with Crippen LogP contribution in [-0.2, 0) is 18.3 Å². The van der Waals surface area contributed by atoms with Crippen LogP contribution in [0.15, 0.2) is 30.5 Å². The molecule has 5 heteroatoms. The highest BCUT2D eigenvalue weighted by Crippen LogP contribution is 2.21. The van der Waals surface area contributed by atoms with Crippen molar-refractivity contribution in [1.82, 2.24) is 9.55 Å². The van der Waals surface area contributed by atoms with Gasteiger partial charge in [-0.2, -0.15) is 0 Å². The number of rotatable bonds is 3. The molecule has 17 heavy (non-hydrogen) atoms. The van der Waals surface area contributed by atoms with Gasteiger partial charge in [0, 0.05) is 18.9 Å². The largest absolute Gasteiger partial charge is 0.481 e. The van der Waals surface area contributed by atoms with Crippen LogP contribution >= 0.6 is 0 Å². The smallest absolute Gasteiger partial charge is 0.309 e. The summed E-state index contributed by atoms with van der Waals surface area (Å²) in [6.07, 6.45) is 1.33. The first-order chi connectivity index (χ1) is 8.09. The molecule has 1 N–H and O–H groups in total. The maximum Gasteiger partial charge on any atom is 0.309 e. The molecule has 0 spiro atoms. The molecular formula is C12H11FN2O2. The first-order valence-electron chi connectivity index (χ1n) is 5.07. The Morgan fingerprint density at radius 1 is 1.47 bits per heavy atom. The minimum absolute atomic E-state index is 0.127. The van der Waals surface area contributed by atoms with Crippen molar-refractivity contribution in [3.05, 3.63) is 42.0 Å². The van der Waals surface area contributed by atoms with Gasteiger partial charge in [-0.05, 0) is 12.1 Å². The van der Waals surface area contributed by atoms with E-state index >= 15 is 0 Å². The van der Waals surface area contributed by atoms with E-state index in [0.29, 0.717) is 17.1 Å². The fraction of sp³-hybridized carbons (Fsp3) is 0.167. The first-order valence-corrected chi connectivity index (χ1v) is 5.07. The number of hydrogen-bond donors (Lipinski definition) is 1. The van der Waals surface area contributed by atoms with E-state index in [-0.39, 0.29) is 12.2 Å². The van der Waals surface area contributed by atoms with Crippen LogP contribution in [0.1, 0.15) is 5.69 Å². The van der Waals surface area contributed by atoms with Gasteiger partial charge < -0.3 is 9.67 Å².